The minimum absolute atomic E-state index is 0.0342. The molecule has 1 aromatic heterocycles. The predicted octanol–water partition coefficient (Wildman–Crippen LogP) is 0.942. The Balaban J connectivity index is 1.74. The Bertz CT molecular complexity index is 488. The number of piperidine rings is 2. The molecule has 1 aromatic rings. The second-order valence-corrected chi connectivity index (χ2v) is 5.14. The normalized spacial score (nSPS) is 26.7. The minimum Gasteiger partial charge on any atom is -0.443 e. The van der Waals surface area contributed by atoms with Crippen molar-refractivity contribution in [3.05, 3.63) is 23.7 Å². The second kappa shape index (κ2) is 4.51. The highest BCUT2D eigenvalue weighted by Gasteiger charge is 2.33. The highest BCUT2D eigenvalue weighted by Crippen LogP contribution is 2.25. The lowest BCUT2D eigenvalue weighted by Crippen LogP contribution is -2.52. The first-order valence-corrected chi connectivity index (χ1v) is 6.32. The van der Waals surface area contributed by atoms with Crippen LogP contribution in [0.4, 0.5) is 0 Å². The van der Waals surface area contributed by atoms with E-state index in [0.717, 1.165) is 26.2 Å². The second-order valence-electron chi connectivity index (χ2n) is 5.14. The third-order valence-electron chi connectivity index (χ3n) is 3.74. The third-order valence-corrected chi connectivity index (χ3v) is 3.74. The Labute approximate surface area is 106 Å². The molecule has 0 saturated carbocycles. The van der Waals surface area contributed by atoms with Crippen molar-refractivity contribution in [1.82, 2.24) is 10.2 Å². The molecule has 2 aliphatic heterocycles. The van der Waals surface area contributed by atoms with Crippen molar-refractivity contribution in [3.8, 4) is 12.3 Å². The minimum atomic E-state index is -0.0342. The number of furan rings is 1. The van der Waals surface area contributed by atoms with E-state index >= 15 is 0 Å². The molecule has 1 N–H and O–H groups in total. The summed E-state index contributed by atoms with van der Waals surface area (Å²) in [5.41, 5.74) is 0. The van der Waals surface area contributed by atoms with Gasteiger partial charge in [-0.25, -0.2) is 0 Å². The fraction of sp³-hybridized carbons (Fsp3) is 0.500. The number of amides is 1. The number of carbonyl (C=O) groups excluding carboxylic acids is 1. The number of terminal acetylenes is 1. The fourth-order valence-electron chi connectivity index (χ4n) is 2.96. The van der Waals surface area contributed by atoms with Crippen LogP contribution in [-0.2, 0) is 0 Å². The van der Waals surface area contributed by atoms with Crippen LogP contribution in [0.25, 0.3) is 0 Å². The van der Waals surface area contributed by atoms with Crippen LogP contribution in [-0.4, -0.2) is 37.0 Å². The molecule has 2 aliphatic rings. The molecule has 4 nitrogen and oxygen atoms in total. The number of hydrogen-bond donors (Lipinski definition) is 1. The molecule has 94 valence electrons. The van der Waals surface area contributed by atoms with Crippen molar-refractivity contribution in [3.63, 3.8) is 0 Å². The number of carbonyl (C=O) groups is 1. The lowest BCUT2D eigenvalue weighted by atomic mass is 9.86. The Kier molecular flexibility index (Phi) is 2.85. The standard InChI is InChI=1S/C14H16N2O2/c1-2-12-3-4-13(18-12)14(17)16-8-10-5-11(9-16)7-15-6-10/h1,3-4,10-11,15H,5-9H2. The number of fused-ring (bicyclic) bond motifs is 2. The van der Waals surface area contributed by atoms with E-state index in [9.17, 15) is 4.79 Å². The monoisotopic (exact) mass is 244 g/mol. The van der Waals surface area contributed by atoms with Crippen LogP contribution in [0.5, 0.6) is 0 Å². The topological polar surface area (TPSA) is 45.5 Å². The Morgan fingerprint density at radius 1 is 1.39 bits per heavy atom. The summed E-state index contributed by atoms with van der Waals surface area (Å²) in [6.07, 6.45) is 6.47. The first-order valence-electron chi connectivity index (χ1n) is 6.32. The number of nitrogens with one attached hydrogen (secondary N) is 1. The third kappa shape index (κ3) is 2.02. The van der Waals surface area contributed by atoms with Crippen molar-refractivity contribution >= 4 is 5.91 Å². The van der Waals surface area contributed by atoms with Crippen LogP contribution in [0.15, 0.2) is 16.5 Å². The zero-order valence-electron chi connectivity index (χ0n) is 10.2. The summed E-state index contributed by atoms with van der Waals surface area (Å²) in [5.74, 6) is 4.28. The average Bonchev–Trinajstić information content (AvgIpc) is 2.86. The van der Waals surface area contributed by atoms with Gasteiger partial charge in [-0.15, -0.1) is 6.42 Å². The van der Waals surface area contributed by atoms with Gasteiger partial charge in [0.1, 0.15) is 0 Å². The van der Waals surface area contributed by atoms with Crippen molar-refractivity contribution in [2.24, 2.45) is 11.8 Å². The van der Waals surface area contributed by atoms with Gasteiger partial charge >= 0.3 is 0 Å². The summed E-state index contributed by atoms with van der Waals surface area (Å²) in [4.78, 5) is 14.2. The Hall–Kier alpha value is -1.73. The van der Waals surface area contributed by atoms with Gasteiger partial charge in [0, 0.05) is 13.1 Å². The number of likely N-dealkylation sites (tertiary alicyclic amines) is 1. The molecule has 4 heteroatoms. The van der Waals surface area contributed by atoms with Gasteiger partial charge in [0.2, 0.25) is 0 Å². The molecule has 18 heavy (non-hydrogen) atoms. The Morgan fingerprint density at radius 2 is 2.11 bits per heavy atom. The van der Waals surface area contributed by atoms with Gasteiger partial charge in [0.15, 0.2) is 11.5 Å². The molecule has 2 saturated heterocycles. The van der Waals surface area contributed by atoms with E-state index in [-0.39, 0.29) is 5.91 Å². The van der Waals surface area contributed by atoms with Gasteiger partial charge in [-0.1, -0.05) is 0 Å². The summed E-state index contributed by atoms with van der Waals surface area (Å²) in [6.45, 7) is 3.64. The van der Waals surface area contributed by atoms with Crippen molar-refractivity contribution in [1.29, 1.82) is 0 Å². The maximum absolute atomic E-state index is 12.3. The molecule has 3 rings (SSSR count). The maximum Gasteiger partial charge on any atom is 0.289 e. The maximum atomic E-state index is 12.3. The molecule has 1 amide bonds. The number of rotatable bonds is 1. The van der Waals surface area contributed by atoms with Crippen LogP contribution in [0.2, 0.25) is 0 Å². The average molecular weight is 244 g/mol. The first-order chi connectivity index (χ1) is 8.76. The quantitative estimate of drug-likeness (QED) is 0.748. The van der Waals surface area contributed by atoms with E-state index in [1.807, 2.05) is 4.90 Å². The molecule has 0 radical (unpaired) electrons. The molecule has 2 bridgehead atoms. The predicted molar refractivity (Wildman–Crippen MR) is 67.0 cm³/mol. The summed E-state index contributed by atoms with van der Waals surface area (Å²) in [7, 11) is 0. The van der Waals surface area contributed by atoms with E-state index in [2.05, 4.69) is 11.2 Å². The summed E-state index contributed by atoms with van der Waals surface area (Å²) in [6, 6.07) is 3.33. The lowest BCUT2D eigenvalue weighted by Gasteiger charge is -2.41. The fourth-order valence-corrected chi connectivity index (χ4v) is 2.96. The van der Waals surface area contributed by atoms with Gasteiger partial charge in [-0.05, 0) is 49.4 Å². The van der Waals surface area contributed by atoms with Crippen molar-refractivity contribution < 1.29 is 9.21 Å². The van der Waals surface area contributed by atoms with E-state index in [1.54, 1.807) is 12.1 Å². The molecule has 2 fully saturated rings. The molecular formula is C14H16N2O2. The first kappa shape index (κ1) is 11.4. The van der Waals surface area contributed by atoms with Crippen LogP contribution in [0.3, 0.4) is 0 Å². The van der Waals surface area contributed by atoms with Crippen molar-refractivity contribution in [2.75, 3.05) is 26.2 Å². The zero-order valence-corrected chi connectivity index (χ0v) is 10.2. The number of nitrogens with zero attached hydrogens (tertiary/aromatic N) is 1. The highest BCUT2D eigenvalue weighted by atomic mass is 16.3. The van der Waals surface area contributed by atoms with Gasteiger partial charge in [0.05, 0.1) is 0 Å². The molecular weight excluding hydrogens is 228 g/mol. The van der Waals surface area contributed by atoms with Crippen LogP contribution in [0.1, 0.15) is 22.7 Å². The van der Waals surface area contributed by atoms with E-state index in [0.29, 0.717) is 23.4 Å². The van der Waals surface area contributed by atoms with Gasteiger partial charge in [-0.2, -0.15) is 0 Å². The van der Waals surface area contributed by atoms with E-state index < -0.39 is 0 Å². The van der Waals surface area contributed by atoms with Crippen LogP contribution < -0.4 is 5.32 Å². The van der Waals surface area contributed by atoms with Crippen molar-refractivity contribution in [2.45, 2.75) is 6.42 Å². The van der Waals surface area contributed by atoms with Gasteiger partial charge in [0.25, 0.3) is 5.91 Å². The molecule has 2 unspecified atom stereocenters. The van der Waals surface area contributed by atoms with Crippen LogP contribution >= 0.6 is 0 Å². The zero-order chi connectivity index (χ0) is 12.5. The van der Waals surface area contributed by atoms with Gasteiger partial charge in [-0.3, -0.25) is 4.79 Å². The van der Waals surface area contributed by atoms with Gasteiger partial charge < -0.3 is 14.6 Å². The summed E-state index contributed by atoms with van der Waals surface area (Å²) < 4.78 is 5.33. The smallest absolute Gasteiger partial charge is 0.289 e. The molecule has 0 aliphatic carbocycles. The van der Waals surface area contributed by atoms with E-state index in [1.165, 1.54) is 6.42 Å². The van der Waals surface area contributed by atoms with E-state index in [4.69, 9.17) is 10.8 Å². The SMILES string of the molecule is C#Cc1ccc(C(=O)N2CC3CNCC(C3)C2)o1. The summed E-state index contributed by atoms with van der Waals surface area (Å²) in [5, 5.41) is 3.41. The largest absolute Gasteiger partial charge is 0.443 e. The lowest BCUT2D eigenvalue weighted by molar-refractivity contribution is 0.0507. The molecule has 0 spiro atoms. The molecule has 2 atom stereocenters. The van der Waals surface area contributed by atoms with Crippen LogP contribution in [0, 0.1) is 24.2 Å². The summed E-state index contributed by atoms with van der Waals surface area (Å²) >= 11 is 0. The molecule has 3 heterocycles. The highest BCUT2D eigenvalue weighted by molar-refractivity contribution is 5.91. The Morgan fingerprint density at radius 3 is 2.72 bits per heavy atom. The molecule has 0 aromatic carbocycles. The number of hydrogen-bond acceptors (Lipinski definition) is 3.